The van der Waals surface area contributed by atoms with Crippen molar-refractivity contribution in [2.45, 2.75) is 39.5 Å². The molecule has 102 valence electrons. The van der Waals surface area contributed by atoms with Crippen molar-refractivity contribution in [3.8, 4) is 6.01 Å². The fraction of sp³-hybridized carbons (Fsp3) is 0.750. The normalized spacial score (nSPS) is 10.2. The number of rotatable bonds is 9. The van der Waals surface area contributed by atoms with Gasteiger partial charge < -0.3 is 15.4 Å². The molecule has 0 fully saturated rings. The Morgan fingerprint density at radius 2 is 1.56 bits per heavy atom. The zero-order chi connectivity index (χ0) is 13.2. The molecule has 0 atom stereocenters. The van der Waals surface area contributed by atoms with E-state index in [4.69, 9.17) is 4.74 Å². The molecule has 1 aromatic rings. The van der Waals surface area contributed by atoms with Gasteiger partial charge >= 0.3 is 6.01 Å². The number of ether oxygens (including phenoxy) is 1. The van der Waals surface area contributed by atoms with E-state index in [0.717, 1.165) is 25.9 Å². The highest BCUT2D eigenvalue weighted by Crippen LogP contribution is 2.10. The van der Waals surface area contributed by atoms with Crippen molar-refractivity contribution in [3.63, 3.8) is 0 Å². The molecule has 6 nitrogen and oxygen atoms in total. The maximum atomic E-state index is 5.06. The van der Waals surface area contributed by atoms with Crippen LogP contribution in [0.15, 0.2) is 0 Å². The SMILES string of the molecule is CCCCCNc1nc(NCCC)nc(OC)n1. The first kappa shape index (κ1) is 14.5. The fourth-order valence-corrected chi connectivity index (χ4v) is 1.42. The first-order valence-electron chi connectivity index (χ1n) is 6.58. The lowest BCUT2D eigenvalue weighted by molar-refractivity contribution is 0.379. The average Bonchev–Trinajstić information content (AvgIpc) is 2.41. The van der Waals surface area contributed by atoms with Crippen LogP contribution in [0.3, 0.4) is 0 Å². The first-order chi connectivity index (χ1) is 8.80. The smallest absolute Gasteiger partial charge is 0.322 e. The van der Waals surface area contributed by atoms with E-state index in [9.17, 15) is 0 Å². The van der Waals surface area contributed by atoms with Gasteiger partial charge in [-0.15, -0.1) is 0 Å². The molecule has 6 heteroatoms. The summed E-state index contributed by atoms with van der Waals surface area (Å²) in [7, 11) is 1.56. The second kappa shape index (κ2) is 8.49. The van der Waals surface area contributed by atoms with Gasteiger partial charge in [0.2, 0.25) is 11.9 Å². The molecular formula is C12H23N5O. The molecule has 0 unspecified atom stereocenters. The summed E-state index contributed by atoms with van der Waals surface area (Å²) in [6.45, 7) is 5.98. The molecule has 1 rings (SSSR count). The van der Waals surface area contributed by atoms with E-state index >= 15 is 0 Å². The van der Waals surface area contributed by atoms with E-state index in [1.54, 1.807) is 7.11 Å². The van der Waals surface area contributed by atoms with Crippen LogP contribution in [0, 0.1) is 0 Å². The number of nitrogens with zero attached hydrogens (tertiary/aromatic N) is 3. The predicted octanol–water partition coefficient (Wildman–Crippen LogP) is 2.30. The van der Waals surface area contributed by atoms with Crippen LogP contribution in [-0.2, 0) is 0 Å². The van der Waals surface area contributed by atoms with Crippen molar-refractivity contribution < 1.29 is 4.74 Å². The van der Waals surface area contributed by atoms with E-state index in [1.165, 1.54) is 12.8 Å². The lowest BCUT2D eigenvalue weighted by Gasteiger charge is -2.08. The molecule has 2 N–H and O–H groups in total. The number of aromatic nitrogens is 3. The molecule has 0 aliphatic carbocycles. The summed E-state index contributed by atoms with van der Waals surface area (Å²) in [4.78, 5) is 12.6. The average molecular weight is 253 g/mol. The summed E-state index contributed by atoms with van der Waals surface area (Å²) in [6.07, 6.45) is 4.54. The van der Waals surface area contributed by atoms with Crippen LogP contribution < -0.4 is 15.4 Å². The van der Waals surface area contributed by atoms with Crippen molar-refractivity contribution in [2.24, 2.45) is 0 Å². The number of hydrogen-bond donors (Lipinski definition) is 2. The highest BCUT2D eigenvalue weighted by molar-refractivity contribution is 5.35. The van der Waals surface area contributed by atoms with Crippen LogP contribution in [0.1, 0.15) is 39.5 Å². The summed E-state index contributed by atoms with van der Waals surface area (Å²) in [5.41, 5.74) is 0. The Labute approximate surface area is 109 Å². The van der Waals surface area contributed by atoms with Crippen LogP contribution in [0.5, 0.6) is 6.01 Å². The van der Waals surface area contributed by atoms with Gasteiger partial charge in [-0.05, 0) is 12.8 Å². The summed E-state index contributed by atoms with van der Waals surface area (Å²) in [5, 5.41) is 6.32. The van der Waals surface area contributed by atoms with Crippen LogP contribution >= 0.6 is 0 Å². The van der Waals surface area contributed by atoms with Gasteiger partial charge in [0.25, 0.3) is 0 Å². The van der Waals surface area contributed by atoms with Gasteiger partial charge in [-0.25, -0.2) is 0 Å². The van der Waals surface area contributed by atoms with Crippen LogP contribution in [0.4, 0.5) is 11.9 Å². The molecule has 0 aliphatic heterocycles. The minimum atomic E-state index is 0.335. The maximum absolute atomic E-state index is 5.06. The third-order valence-electron chi connectivity index (χ3n) is 2.39. The Bertz CT molecular complexity index is 345. The standard InChI is InChI=1S/C12H23N5O/c1-4-6-7-9-14-11-15-10(13-8-5-2)16-12(17-11)18-3/h4-9H2,1-3H3,(H2,13,14,15,16,17). The third-order valence-corrected chi connectivity index (χ3v) is 2.39. The molecule has 0 bridgehead atoms. The van der Waals surface area contributed by atoms with Crippen molar-refractivity contribution >= 4 is 11.9 Å². The summed E-state index contributed by atoms with van der Waals surface area (Å²) < 4.78 is 5.06. The summed E-state index contributed by atoms with van der Waals surface area (Å²) in [6, 6.07) is 0.335. The van der Waals surface area contributed by atoms with Crippen LogP contribution in [-0.4, -0.2) is 35.2 Å². The molecule has 0 spiro atoms. The van der Waals surface area contributed by atoms with E-state index in [0.29, 0.717) is 17.9 Å². The highest BCUT2D eigenvalue weighted by atomic mass is 16.5. The van der Waals surface area contributed by atoms with Crippen molar-refractivity contribution in [3.05, 3.63) is 0 Å². The number of nitrogens with one attached hydrogen (secondary N) is 2. The molecule has 18 heavy (non-hydrogen) atoms. The van der Waals surface area contributed by atoms with E-state index < -0.39 is 0 Å². The molecule has 0 aliphatic rings. The number of methoxy groups -OCH3 is 1. The third kappa shape index (κ3) is 5.16. The molecule has 0 aromatic carbocycles. The van der Waals surface area contributed by atoms with Gasteiger partial charge in [0.05, 0.1) is 7.11 Å². The summed E-state index contributed by atoms with van der Waals surface area (Å²) >= 11 is 0. The van der Waals surface area contributed by atoms with Gasteiger partial charge in [-0.2, -0.15) is 15.0 Å². The minimum absolute atomic E-state index is 0.335. The Hall–Kier alpha value is -1.59. The highest BCUT2D eigenvalue weighted by Gasteiger charge is 2.05. The zero-order valence-electron chi connectivity index (χ0n) is 11.5. The Kier molecular flexibility index (Phi) is 6.83. The van der Waals surface area contributed by atoms with Crippen LogP contribution in [0.25, 0.3) is 0 Å². The second-order valence-electron chi connectivity index (χ2n) is 4.03. The number of hydrogen-bond acceptors (Lipinski definition) is 6. The van der Waals surface area contributed by atoms with Crippen LogP contribution in [0.2, 0.25) is 0 Å². The van der Waals surface area contributed by atoms with E-state index in [-0.39, 0.29) is 0 Å². The van der Waals surface area contributed by atoms with Gasteiger partial charge in [-0.1, -0.05) is 26.7 Å². The van der Waals surface area contributed by atoms with Crippen molar-refractivity contribution in [2.75, 3.05) is 30.8 Å². The van der Waals surface area contributed by atoms with E-state index in [1.807, 2.05) is 0 Å². The lowest BCUT2D eigenvalue weighted by Crippen LogP contribution is -2.11. The molecule has 1 heterocycles. The second-order valence-corrected chi connectivity index (χ2v) is 4.03. The molecule has 0 saturated heterocycles. The molecule has 0 saturated carbocycles. The number of anilines is 2. The maximum Gasteiger partial charge on any atom is 0.322 e. The molecule has 0 radical (unpaired) electrons. The Balaban J connectivity index is 2.58. The molecule has 1 aromatic heterocycles. The van der Waals surface area contributed by atoms with Crippen molar-refractivity contribution in [1.29, 1.82) is 0 Å². The number of unbranched alkanes of at least 4 members (excludes halogenated alkanes) is 2. The minimum Gasteiger partial charge on any atom is -0.467 e. The Morgan fingerprint density at radius 3 is 2.11 bits per heavy atom. The zero-order valence-corrected chi connectivity index (χ0v) is 11.5. The quantitative estimate of drug-likeness (QED) is 0.658. The summed E-state index contributed by atoms with van der Waals surface area (Å²) in [5.74, 6) is 1.12. The first-order valence-corrected chi connectivity index (χ1v) is 6.58. The van der Waals surface area contributed by atoms with Gasteiger partial charge in [-0.3, -0.25) is 0 Å². The van der Waals surface area contributed by atoms with Crippen molar-refractivity contribution in [1.82, 2.24) is 15.0 Å². The largest absolute Gasteiger partial charge is 0.467 e. The van der Waals surface area contributed by atoms with Gasteiger partial charge in [0.15, 0.2) is 0 Å². The van der Waals surface area contributed by atoms with Gasteiger partial charge in [0, 0.05) is 13.1 Å². The fourth-order valence-electron chi connectivity index (χ4n) is 1.42. The van der Waals surface area contributed by atoms with Gasteiger partial charge in [0.1, 0.15) is 0 Å². The van der Waals surface area contributed by atoms with E-state index in [2.05, 4.69) is 39.4 Å². The molecular weight excluding hydrogens is 230 g/mol. The lowest BCUT2D eigenvalue weighted by atomic mass is 10.2. The topological polar surface area (TPSA) is 72.0 Å². The molecule has 0 amide bonds. The predicted molar refractivity (Wildman–Crippen MR) is 73.2 cm³/mol. The Morgan fingerprint density at radius 1 is 0.889 bits per heavy atom. The monoisotopic (exact) mass is 253 g/mol.